The van der Waals surface area contributed by atoms with Crippen LogP contribution in [0.25, 0.3) is 0 Å². The SMILES string of the molecule is CCOc1c(C(C)=O)cc(N)cc1[N+](=O)[O-]. The molecule has 0 aliphatic heterocycles. The van der Waals surface area contributed by atoms with Crippen LogP contribution in [0.2, 0.25) is 0 Å². The molecule has 0 spiro atoms. The van der Waals surface area contributed by atoms with E-state index in [1.165, 1.54) is 19.1 Å². The van der Waals surface area contributed by atoms with Crippen LogP contribution in [-0.4, -0.2) is 17.3 Å². The molecule has 6 nitrogen and oxygen atoms in total. The maximum absolute atomic E-state index is 11.3. The van der Waals surface area contributed by atoms with Crippen molar-refractivity contribution < 1.29 is 14.5 Å². The number of nitrogen functional groups attached to an aromatic ring is 1. The zero-order valence-electron chi connectivity index (χ0n) is 9.02. The molecule has 0 aromatic heterocycles. The highest BCUT2D eigenvalue weighted by atomic mass is 16.6. The molecule has 6 heteroatoms. The van der Waals surface area contributed by atoms with E-state index >= 15 is 0 Å². The van der Waals surface area contributed by atoms with Gasteiger partial charge in [-0.2, -0.15) is 0 Å². The minimum Gasteiger partial charge on any atom is -0.487 e. The number of nitrogens with two attached hydrogens (primary N) is 1. The number of benzene rings is 1. The number of carbonyl (C=O) groups excluding carboxylic acids is 1. The van der Waals surface area contributed by atoms with E-state index in [-0.39, 0.29) is 35.1 Å². The number of nitro benzene ring substituents is 1. The minimum absolute atomic E-state index is 0.0193. The minimum atomic E-state index is -0.617. The topological polar surface area (TPSA) is 95.5 Å². The average Bonchev–Trinajstić information content (AvgIpc) is 2.19. The number of hydrogen-bond donors (Lipinski definition) is 1. The molecule has 0 fully saturated rings. The first-order valence-electron chi connectivity index (χ1n) is 4.69. The fourth-order valence-corrected chi connectivity index (χ4v) is 1.33. The third kappa shape index (κ3) is 2.28. The van der Waals surface area contributed by atoms with Gasteiger partial charge >= 0.3 is 5.69 Å². The van der Waals surface area contributed by atoms with Crippen LogP contribution < -0.4 is 10.5 Å². The van der Waals surface area contributed by atoms with Crippen LogP contribution in [0.5, 0.6) is 5.75 Å². The van der Waals surface area contributed by atoms with E-state index in [0.29, 0.717) is 0 Å². The molecule has 2 N–H and O–H groups in total. The largest absolute Gasteiger partial charge is 0.487 e. The van der Waals surface area contributed by atoms with E-state index in [2.05, 4.69) is 0 Å². The fraction of sp³-hybridized carbons (Fsp3) is 0.300. The van der Waals surface area contributed by atoms with E-state index in [9.17, 15) is 14.9 Å². The molecular weight excluding hydrogens is 212 g/mol. The summed E-state index contributed by atoms with van der Waals surface area (Å²) in [4.78, 5) is 21.5. The lowest BCUT2D eigenvalue weighted by Gasteiger charge is -2.09. The number of carbonyl (C=O) groups is 1. The molecule has 0 aliphatic carbocycles. The Labute approximate surface area is 92.2 Å². The zero-order valence-corrected chi connectivity index (χ0v) is 9.02. The molecule has 86 valence electrons. The van der Waals surface area contributed by atoms with Crippen LogP contribution in [0.1, 0.15) is 24.2 Å². The molecule has 1 aromatic carbocycles. The number of rotatable bonds is 4. The van der Waals surface area contributed by atoms with E-state index < -0.39 is 4.92 Å². The summed E-state index contributed by atoms with van der Waals surface area (Å²) in [6, 6.07) is 2.55. The highest BCUT2D eigenvalue weighted by Gasteiger charge is 2.22. The van der Waals surface area contributed by atoms with Crippen molar-refractivity contribution in [3.63, 3.8) is 0 Å². The van der Waals surface area contributed by atoms with Gasteiger partial charge in [-0.1, -0.05) is 0 Å². The van der Waals surface area contributed by atoms with Gasteiger partial charge in [-0.25, -0.2) is 0 Å². The van der Waals surface area contributed by atoms with Gasteiger partial charge < -0.3 is 10.5 Å². The van der Waals surface area contributed by atoms with Gasteiger partial charge in [0, 0.05) is 11.8 Å². The van der Waals surface area contributed by atoms with Crippen molar-refractivity contribution in [2.24, 2.45) is 0 Å². The van der Waals surface area contributed by atoms with Gasteiger partial charge in [-0.15, -0.1) is 0 Å². The first kappa shape index (κ1) is 12.0. The Balaban J connectivity index is 3.47. The van der Waals surface area contributed by atoms with Gasteiger partial charge in [-0.3, -0.25) is 14.9 Å². The smallest absolute Gasteiger partial charge is 0.313 e. The maximum Gasteiger partial charge on any atom is 0.313 e. The molecule has 1 aromatic rings. The summed E-state index contributed by atoms with van der Waals surface area (Å²) >= 11 is 0. The second kappa shape index (κ2) is 4.61. The maximum atomic E-state index is 11.3. The van der Waals surface area contributed by atoms with Gasteiger partial charge in [0.25, 0.3) is 0 Å². The molecule has 0 heterocycles. The number of nitro groups is 1. The van der Waals surface area contributed by atoms with Crippen molar-refractivity contribution in [1.29, 1.82) is 0 Å². The highest BCUT2D eigenvalue weighted by Crippen LogP contribution is 2.33. The van der Waals surface area contributed by atoms with E-state index in [1.807, 2.05) is 0 Å². The average molecular weight is 224 g/mol. The number of hydrogen-bond acceptors (Lipinski definition) is 5. The third-order valence-corrected chi connectivity index (χ3v) is 1.96. The summed E-state index contributed by atoms with van der Waals surface area (Å²) in [5.74, 6) is -0.340. The van der Waals surface area contributed by atoms with Crippen LogP contribution in [-0.2, 0) is 0 Å². The number of nitrogens with zero attached hydrogens (tertiary/aromatic N) is 1. The van der Waals surface area contributed by atoms with Crippen molar-refractivity contribution in [3.8, 4) is 5.75 Å². The number of ketones is 1. The lowest BCUT2D eigenvalue weighted by molar-refractivity contribution is -0.385. The van der Waals surface area contributed by atoms with Crippen molar-refractivity contribution in [2.45, 2.75) is 13.8 Å². The Morgan fingerprint density at radius 2 is 2.19 bits per heavy atom. The van der Waals surface area contributed by atoms with Gasteiger partial charge in [0.05, 0.1) is 17.1 Å². The second-order valence-corrected chi connectivity index (χ2v) is 3.16. The summed E-state index contributed by atoms with van der Waals surface area (Å²) in [5.41, 5.74) is 5.50. The first-order valence-corrected chi connectivity index (χ1v) is 4.69. The second-order valence-electron chi connectivity index (χ2n) is 3.16. The van der Waals surface area contributed by atoms with Crippen molar-refractivity contribution in [1.82, 2.24) is 0 Å². The highest BCUT2D eigenvalue weighted by molar-refractivity contribution is 5.99. The van der Waals surface area contributed by atoms with E-state index in [0.717, 1.165) is 0 Å². The number of anilines is 1. The fourth-order valence-electron chi connectivity index (χ4n) is 1.33. The molecule has 0 saturated carbocycles. The summed E-state index contributed by atoms with van der Waals surface area (Å²) in [6.45, 7) is 3.23. The van der Waals surface area contributed by atoms with Crippen molar-refractivity contribution >= 4 is 17.2 Å². The van der Waals surface area contributed by atoms with Crippen molar-refractivity contribution in [3.05, 3.63) is 27.8 Å². The van der Waals surface area contributed by atoms with Crippen LogP contribution in [0.15, 0.2) is 12.1 Å². The lowest BCUT2D eigenvalue weighted by atomic mass is 10.1. The molecular formula is C10H12N2O4. The Hall–Kier alpha value is -2.11. The van der Waals surface area contributed by atoms with E-state index in [4.69, 9.17) is 10.5 Å². The van der Waals surface area contributed by atoms with E-state index in [1.54, 1.807) is 6.92 Å². The monoisotopic (exact) mass is 224 g/mol. The van der Waals surface area contributed by atoms with Crippen LogP contribution in [0.4, 0.5) is 11.4 Å². The predicted molar refractivity (Wildman–Crippen MR) is 58.7 cm³/mol. The first-order chi connectivity index (χ1) is 7.47. The van der Waals surface area contributed by atoms with Gasteiger partial charge in [-0.05, 0) is 19.9 Å². The molecule has 0 unspecified atom stereocenters. The van der Waals surface area contributed by atoms with Gasteiger partial charge in [0.15, 0.2) is 5.78 Å². The van der Waals surface area contributed by atoms with Gasteiger partial charge in [0.2, 0.25) is 5.75 Å². The summed E-state index contributed by atoms with van der Waals surface area (Å²) < 4.78 is 5.13. The normalized spacial score (nSPS) is 9.88. The van der Waals surface area contributed by atoms with Crippen LogP contribution in [0.3, 0.4) is 0 Å². The predicted octanol–water partition coefficient (Wildman–Crippen LogP) is 1.78. The van der Waals surface area contributed by atoms with Crippen LogP contribution in [0, 0.1) is 10.1 Å². The molecule has 0 bridgehead atoms. The standard InChI is InChI=1S/C10H12N2O4/c1-3-16-10-8(6(2)13)4-7(11)5-9(10)12(14)15/h4-5H,3,11H2,1-2H3. The summed E-state index contributed by atoms with van der Waals surface area (Å²) in [5, 5.41) is 10.8. The Bertz CT molecular complexity index is 407. The Morgan fingerprint density at radius 3 is 2.62 bits per heavy atom. The number of Topliss-reactive ketones (excluding diaryl/α,β-unsaturated/α-hetero) is 1. The van der Waals surface area contributed by atoms with Gasteiger partial charge in [0.1, 0.15) is 0 Å². The Kier molecular flexibility index (Phi) is 3.44. The quantitative estimate of drug-likeness (QED) is 0.364. The molecule has 0 amide bonds. The summed E-state index contributed by atoms with van der Waals surface area (Å²) in [7, 11) is 0. The third-order valence-electron chi connectivity index (χ3n) is 1.96. The number of ether oxygens (including phenoxy) is 1. The summed E-state index contributed by atoms with van der Waals surface area (Å²) in [6.07, 6.45) is 0. The molecule has 1 rings (SSSR count). The van der Waals surface area contributed by atoms with Crippen LogP contribution >= 0.6 is 0 Å². The molecule has 0 aliphatic rings. The zero-order chi connectivity index (χ0) is 12.3. The molecule has 16 heavy (non-hydrogen) atoms. The van der Waals surface area contributed by atoms with Crippen molar-refractivity contribution in [2.75, 3.05) is 12.3 Å². The Morgan fingerprint density at radius 1 is 1.56 bits per heavy atom. The molecule has 0 radical (unpaired) electrons. The molecule has 0 saturated heterocycles. The molecule has 0 atom stereocenters. The lowest BCUT2D eigenvalue weighted by Crippen LogP contribution is -2.05.